The van der Waals surface area contributed by atoms with Gasteiger partial charge in [0, 0.05) is 19.3 Å². The van der Waals surface area contributed by atoms with Crippen LogP contribution >= 0.6 is 0 Å². The van der Waals surface area contributed by atoms with Crippen LogP contribution in [0.4, 0.5) is 0 Å². The predicted octanol–water partition coefficient (Wildman–Crippen LogP) is -0.0565. The molecule has 4 rings (SSSR count). The maximum atomic E-state index is 15.6. The third-order valence-corrected chi connectivity index (χ3v) is 21.5. The lowest BCUT2D eigenvalue weighted by atomic mass is 9.90. The van der Waals surface area contributed by atoms with Crippen molar-refractivity contribution in [2.24, 2.45) is 46.4 Å². The zero-order chi connectivity index (χ0) is 92.4. The minimum atomic E-state index is -2.03. The molecule has 0 saturated carbocycles. The number of aliphatic hydroxyl groups excluding tert-OH is 1. The van der Waals surface area contributed by atoms with Gasteiger partial charge in [0.05, 0.1) is 25.1 Å². The number of aliphatic hydroxyl groups is 1. The van der Waals surface area contributed by atoms with Crippen molar-refractivity contribution in [3.05, 3.63) is 108 Å². The summed E-state index contributed by atoms with van der Waals surface area (Å²) in [5, 5.41) is 76.4. The summed E-state index contributed by atoms with van der Waals surface area (Å²) in [7, 11) is 0. The van der Waals surface area contributed by atoms with E-state index < -0.39 is 185 Å². The first-order chi connectivity index (χ1) is 58.7. The summed E-state index contributed by atoms with van der Waals surface area (Å²) in [6.07, 6.45) is 3.75. The topological polar surface area (TPSA) is 623 Å². The molecule has 0 unspecified atom stereocenters. The molecule has 14 amide bonds. The molecule has 1 heterocycles. The third-order valence-electron chi connectivity index (χ3n) is 21.5. The number of aliphatic carboxylic acids is 1. The van der Waals surface area contributed by atoms with Gasteiger partial charge in [0.15, 0.2) is 0 Å². The molecule has 0 saturated heterocycles. The zero-order valence-electron chi connectivity index (χ0n) is 73.0. The molecule has 0 aliphatic carbocycles. The van der Waals surface area contributed by atoms with E-state index in [4.69, 9.17) is 28.7 Å². The van der Waals surface area contributed by atoms with E-state index in [0.29, 0.717) is 68.2 Å². The molecular formula is C87H136N18O19. The lowest BCUT2D eigenvalue weighted by Gasteiger charge is -2.34. The van der Waals surface area contributed by atoms with Gasteiger partial charge >= 0.3 is 5.97 Å². The number of hydrogen-bond acceptors (Lipinski definition) is 22. The second-order valence-corrected chi connectivity index (χ2v) is 33.3. The van der Waals surface area contributed by atoms with Crippen LogP contribution in [-0.2, 0) is 91.2 Å². The van der Waals surface area contributed by atoms with Gasteiger partial charge in [-0.05, 0) is 208 Å². The van der Waals surface area contributed by atoms with Gasteiger partial charge < -0.3 is 118 Å². The lowest BCUT2D eigenvalue weighted by Crippen LogP contribution is -2.65. The van der Waals surface area contributed by atoms with Gasteiger partial charge in [-0.1, -0.05) is 115 Å². The predicted molar refractivity (Wildman–Crippen MR) is 464 cm³/mol. The van der Waals surface area contributed by atoms with Crippen molar-refractivity contribution in [1.82, 2.24) is 69.1 Å². The number of carboxylic acid groups (broad SMARTS) is 1. The number of nitrogens with two attached hydrogens (primary N) is 5. The van der Waals surface area contributed by atoms with Gasteiger partial charge in [0.2, 0.25) is 82.7 Å². The Bertz CT molecular complexity index is 4020. The van der Waals surface area contributed by atoms with E-state index in [-0.39, 0.29) is 132 Å². The van der Waals surface area contributed by atoms with Crippen LogP contribution in [0.2, 0.25) is 0 Å². The molecule has 0 fully saturated rings. The number of nitrogens with one attached hydrogen (secondary N) is 13. The summed E-state index contributed by atoms with van der Waals surface area (Å²) < 4.78 is 0. The quantitative estimate of drug-likeness (QED) is 0.0260. The van der Waals surface area contributed by atoms with E-state index >= 15 is 19.2 Å². The first-order valence-corrected chi connectivity index (χ1v) is 42.9. The van der Waals surface area contributed by atoms with Crippen LogP contribution < -0.4 is 97.8 Å². The van der Waals surface area contributed by atoms with Crippen LogP contribution in [0.3, 0.4) is 0 Å². The Balaban J connectivity index is 1.79. The summed E-state index contributed by atoms with van der Waals surface area (Å²) in [4.78, 5) is 215. The minimum absolute atomic E-state index is 0.0271. The molecule has 0 bridgehead atoms. The fraction of sp³-hybridized carbons (Fsp3) is 0.598. The Morgan fingerprint density at radius 3 is 1.42 bits per heavy atom. The van der Waals surface area contributed by atoms with E-state index in [0.717, 1.165) is 0 Å². The zero-order valence-corrected chi connectivity index (χ0v) is 73.0. The second-order valence-electron chi connectivity index (χ2n) is 33.3. The van der Waals surface area contributed by atoms with Gasteiger partial charge in [-0.3, -0.25) is 71.9 Å². The van der Waals surface area contributed by atoms with E-state index in [1.807, 2.05) is 6.92 Å². The smallest absolute Gasteiger partial charge is 0.305 e. The van der Waals surface area contributed by atoms with Gasteiger partial charge in [-0.15, -0.1) is 0 Å². The molecule has 37 heteroatoms. The standard InChI is InChI=1S/C87H136N18O19/c1-10-53(6)71(91)82(121)103-72(54(7)106)83(122)100-67(46-55-26-16-15-17-27-55)81(120)105-87(9)40-22-14-12-11-13-21-39-86(8,104-80(119)64(45-52(4)5)98-77(116)63(44-51(2)3)97-79(118)68(49-70(110)111)102-85(87)124)84(123)101-66(48-57-33-37-59(108)38-34-57)78(117)99-65(47-56-31-35-58(107)36-32-56)74(113)93-50-69(109)94-61(29-19-24-42-89)75(114)96-62(30-20-25-43-90)76(115)95-60(73(92)112)28-18-23-41-88/h11-12,15-17,26-27,31-38,51-54,60-68,71-72,106-108H,10,13-14,18-25,28-30,39-50,88-91H2,1-9H3,(H2,92,112)(H,93,113)(H,94,109)(H,95,115)(H,96,114)(H,97,118)(H,98,116)(H,99,117)(H,100,122)(H,101,123)(H,102,124)(H,103,121)(H,104,119)(H,105,120)(H,110,111)/b12-11-/t53-,54+,60-,61-,62-,63-,64-,65-,66-,67-,68-,71-,72-,86-,87-/m0/s1. The molecule has 3 aromatic rings. The fourth-order valence-corrected chi connectivity index (χ4v) is 13.8. The highest BCUT2D eigenvalue weighted by Gasteiger charge is 2.44. The molecule has 3 aromatic carbocycles. The van der Waals surface area contributed by atoms with Crippen LogP contribution in [0, 0.1) is 17.8 Å². The molecule has 688 valence electrons. The van der Waals surface area contributed by atoms with Crippen LogP contribution in [0.5, 0.6) is 11.5 Å². The van der Waals surface area contributed by atoms with Crippen molar-refractivity contribution >= 4 is 88.7 Å². The van der Waals surface area contributed by atoms with E-state index in [1.165, 1.54) is 69.3 Å². The first kappa shape index (κ1) is 105. The van der Waals surface area contributed by atoms with Crippen molar-refractivity contribution < 1.29 is 92.3 Å². The van der Waals surface area contributed by atoms with Crippen molar-refractivity contribution in [3.8, 4) is 11.5 Å². The number of hydrogen-bond donors (Lipinski definition) is 22. The largest absolute Gasteiger partial charge is 0.508 e. The number of rotatable bonds is 46. The van der Waals surface area contributed by atoms with E-state index in [1.54, 1.807) is 77.1 Å². The maximum absolute atomic E-state index is 15.6. The number of amides is 14. The number of primary amides is 1. The number of carbonyl (C=O) groups is 15. The van der Waals surface area contributed by atoms with Crippen molar-refractivity contribution in [1.29, 1.82) is 0 Å². The van der Waals surface area contributed by atoms with Crippen molar-refractivity contribution in [3.63, 3.8) is 0 Å². The Hall–Kier alpha value is -11.1. The molecule has 0 spiro atoms. The molecule has 1 aliphatic heterocycles. The van der Waals surface area contributed by atoms with Crippen molar-refractivity contribution in [2.75, 3.05) is 26.2 Å². The summed E-state index contributed by atoms with van der Waals surface area (Å²) in [5.41, 5.74) is 26.4. The van der Waals surface area contributed by atoms with Crippen LogP contribution in [0.15, 0.2) is 91.0 Å². The van der Waals surface area contributed by atoms with Gasteiger partial charge in [0.1, 0.15) is 83.0 Å². The van der Waals surface area contributed by atoms with Crippen molar-refractivity contribution in [2.45, 2.75) is 287 Å². The van der Waals surface area contributed by atoms with E-state index in [9.17, 15) is 73.2 Å². The Labute approximate surface area is 725 Å². The number of carbonyl (C=O) groups excluding carboxylic acids is 14. The number of allylic oxidation sites excluding steroid dienone is 2. The highest BCUT2D eigenvalue weighted by molar-refractivity contribution is 6.02. The third kappa shape index (κ3) is 37.1. The highest BCUT2D eigenvalue weighted by Crippen LogP contribution is 2.24. The van der Waals surface area contributed by atoms with Gasteiger partial charge in [-0.2, -0.15) is 0 Å². The summed E-state index contributed by atoms with van der Waals surface area (Å²) in [6.45, 7) is 14.6. The van der Waals surface area contributed by atoms with E-state index in [2.05, 4.69) is 69.1 Å². The summed E-state index contributed by atoms with van der Waals surface area (Å²) in [5.74, 6) is -15.6. The van der Waals surface area contributed by atoms with Gasteiger partial charge in [-0.25, -0.2) is 0 Å². The monoisotopic (exact) mass is 1740 g/mol. The van der Waals surface area contributed by atoms with Crippen LogP contribution in [0.1, 0.15) is 201 Å². The van der Waals surface area contributed by atoms with Crippen LogP contribution in [-0.4, -0.2) is 219 Å². The summed E-state index contributed by atoms with van der Waals surface area (Å²) >= 11 is 0. The number of phenols is 2. The summed E-state index contributed by atoms with van der Waals surface area (Å²) in [6, 6.07) is 3.83. The number of benzene rings is 3. The Morgan fingerprint density at radius 1 is 0.500 bits per heavy atom. The fourth-order valence-electron chi connectivity index (χ4n) is 13.8. The Morgan fingerprint density at radius 2 is 0.935 bits per heavy atom. The number of carboxylic acids is 1. The molecule has 27 N–H and O–H groups in total. The second kappa shape index (κ2) is 53.8. The molecule has 0 aromatic heterocycles. The van der Waals surface area contributed by atoms with Gasteiger partial charge in [0.25, 0.3) is 0 Å². The number of phenolic OH excluding ortho intramolecular Hbond substituents is 2. The maximum Gasteiger partial charge on any atom is 0.305 e. The molecular weight excluding hydrogens is 1600 g/mol. The minimum Gasteiger partial charge on any atom is -0.508 e. The average Bonchev–Trinajstić information content (AvgIpc) is 0.850. The SMILES string of the molecule is CC[C@H](C)[C@H](N)C(=O)N[C@H](C(=O)N[C@@H](Cc1ccccc1)C(=O)N[C@@]1(C)CCC/C=C\CCC[C@@](C)(C(=O)N[C@@H](Cc2ccc(O)cc2)C(=O)N[C@@H](Cc2ccc(O)cc2)C(=O)NCC(=O)N[C@@H](CCCCN)C(=O)N[C@@H](CCCCN)C(=O)N[C@@H](CCCCN)C(N)=O)NC(=O)[C@H](CC(C)C)NC(=O)[C@H](CC(C)C)NC(=O)[C@H](CC(=O)O)NC1=O)[C@@H](C)O. The number of unbranched alkanes of at least 4 members (excludes halogenated alkanes) is 3. The highest BCUT2D eigenvalue weighted by atomic mass is 16.4. The molecule has 15 atom stereocenters. The molecule has 0 radical (unpaired) electrons. The normalized spacial score (nSPS) is 20.2. The lowest BCUT2D eigenvalue weighted by molar-refractivity contribution is -0.142. The Kier molecular flexibility index (Phi) is 45.6. The molecule has 37 nitrogen and oxygen atoms in total. The average molecular weight is 1740 g/mol. The first-order valence-electron chi connectivity index (χ1n) is 42.9. The van der Waals surface area contributed by atoms with Crippen LogP contribution in [0.25, 0.3) is 0 Å². The molecule has 1 aliphatic rings. The molecule has 124 heavy (non-hydrogen) atoms. The number of aromatic hydroxyl groups is 2.